The first-order chi connectivity index (χ1) is 10.2. The van der Waals surface area contributed by atoms with Crippen molar-refractivity contribution in [2.45, 2.75) is 11.5 Å². The maximum Gasteiger partial charge on any atom is 0.234 e. The molecule has 1 N–H and O–H groups in total. The Morgan fingerprint density at radius 3 is 2.81 bits per heavy atom. The molecule has 0 aromatic heterocycles. The van der Waals surface area contributed by atoms with E-state index in [1.54, 1.807) is 7.11 Å². The van der Waals surface area contributed by atoms with Crippen LogP contribution in [0.4, 0.5) is 5.69 Å². The molecule has 0 spiro atoms. The van der Waals surface area contributed by atoms with Crippen molar-refractivity contribution in [1.82, 2.24) is 0 Å². The van der Waals surface area contributed by atoms with Gasteiger partial charge in [-0.2, -0.15) is 0 Å². The van der Waals surface area contributed by atoms with E-state index in [1.165, 1.54) is 11.8 Å². The number of benzene rings is 2. The Morgan fingerprint density at radius 1 is 1.24 bits per heavy atom. The number of rotatable bonds is 6. The molecule has 110 valence electrons. The van der Waals surface area contributed by atoms with Crippen LogP contribution in [0.2, 0.25) is 5.02 Å². The molecule has 0 heterocycles. The van der Waals surface area contributed by atoms with Gasteiger partial charge in [0.2, 0.25) is 5.91 Å². The number of nitrogens with one attached hydrogen (secondary N) is 1. The van der Waals surface area contributed by atoms with Gasteiger partial charge in [0, 0.05) is 17.7 Å². The number of carbonyl (C=O) groups excluding carboxylic acids is 1. The van der Waals surface area contributed by atoms with E-state index in [2.05, 4.69) is 5.32 Å². The largest absolute Gasteiger partial charge is 0.380 e. The predicted octanol–water partition coefficient (Wildman–Crippen LogP) is 4.22. The van der Waals surface area contributed by atoms with Crippen molar-refractivity contribution in [2.75, 3.05) is 18.2 Å². The van der Waals surface area contributed by atoms with E-state index in [9.17, 15) is 4.79 Å². The van der Waals surface area contributed by atoms with Crippen LogP contribution in [0.15, 0.2) is 53.4 Å². The average molecular weight is 322 g/mol. The number of ether oxygens (including phenoxy) is 1. The van der Waals surface area contributed by atoms with E-state index in [-0.39, 0.29) is 5.91 Å². The van der Waals surface area contributed by atoms with Gasteiger partial charge in [-0.1, -0.05) is 35.9 Å². The third-order valence-corrected chi connectivity index (χ3v) is 4.23. The molecule has 0 bridgehead atoms. The lowest BCUT2D eigenvalue weighted by Crippen LogP contribution is -2.14. The zero-order chi connectivity index (χ0) is 15.1. The van der Waals surface area contributed by atoms with Gasteiger partial charge in [0.05, 0.1) is 17.4 Å². The molecule has 2 aromatic carbocycles. The van der Waals surface area contributed by atoms with E-state index in [4.69, 9.17) is 16.3 Å². The standard InChI is InChI=1S/C16H16ClNO2S/c1-20-10-12-5-4-6-13(9-12)18-16(19)11-21-15-8-3-2-7-14(15)17/h2-9H,10-11H2,1H3,(H,18,19). The Bertz CT molecular complexity index is 619. The summed E-state index contributed by atoms with van der Waals surface area (Å²) in [7, 11) is 1.64. The maximum atomic E-state index is 12.0. The molecule has 2 aromatic rings. The van der Waals surface area contributed by atoms with Crippen LogP contribution in [0.3, 0.4) is 0 Å². The van der Waals surface area contributed by atoms with Gasteiger partial charge in [0.15, 0.2) is 0 Å². The van der Waals surface area contributed by atoms with Crippen molar-refractivity contribution in [1.29, 1.82) is 0 Å². The number of thioether (sulfide) groups is 1. The fourth-order valence-corrected chi connectivity index (χ4v) is 2.85. The van der Waals surface area contributed by atoms with Gasteiger partial charge in [-0.15, -0.1) is 11.8 Å². The quantitative estimate of drug-likeness (QED) is 0.810. The molecule has 0 fully saturated rings. The SMILES string of the molecule is COCc1cccc(NC(=O)CSc2ccccc2Cl)c1. The number of carbonyl (C=O) groups is 1. The van der Waals surface area contributed by atoms with Crippen molar-refractivity contribution < 1.29 is 9.53 Å². The molecule has 0 radical (unpaired) electrons. The Balaban J connectivity index is 1.90. The van der Waals surface area contributed by atoms with Gasteiger partial charge in [0.1, 0.15) is 0 Å². The first-order valence-corrected chi connectivity index (χ1v) is 7.80. The minimum absolute atomic E-state index is 0.0607. The number of amides is 1. The van der Waals surface area contributed by atoms with Gasteiger partial charge < -0.3 is 10.1 Å². The third kappa shape index (κ3) is 5.08. The van der Waals surface area contributed by atoms with Gasteiger partial charge in [0.25, 0.3) is 0 Å². The van der Waals surface area contributed by atoms with Gasteiger partial charge >= 0.3 is 0 Å². The molecule has 0 aliphatic carbocycles. The van der Waals surface area contributed by atoms with Crippen LogP contribution in [0.25, 0.3) is 0 Å². The smallest absolute Gasteiger partial charge is 0.234 e. The number of anilines is 1. The molecular formula is C16H16ClNO2S. The first kappa shape index (κ1) is 15.9. The lowest BCUT2D eigenvalue weighted by atomic mass is 10.2. The topological polar surface area (TPSA) is 38.3 Å². The molecule has 5 heteroatoms. The number of methoxy groups -OCH3 is 1. The third-order valence-electron chi connectivity index (χ3n) is 2.72. The average Bonchev–Trinajstić information content (AvgIpc) is 2.47. The Labute approximate surface area is 133 Å². The van der Waals surface area contributed by atoms with E-state index >= 15 is 0 Å². The number of hydrogen-bond donors (Lipinski definition) is 1. The summed E-state index contributed by atoms with van der Waals surface area (Å²) >= 11 is 7.48. The van der Waals surface area contributed by atoms with Crippen LogP contribution in [0.5, 0.6) is 0 Å². The lowest BCUT2D eigenvalue weighted by molar-refractivity contribution is -0.113. The fourth-order valence-electron chi connectivity index (χ4n) is 1.81. The highest BCUT2D eigenvalue weighted by Crippen LogP contribution is 2.26. The molecule has 0 aliphatic rings. The predicted molar refractivity (Wildman–Crippen MR) is 88.0 cm³/mol. The van der Waals surface area contributed by atoms with Crippen molar-refractivity contribution in [3.63, 3.8) is 0 Å². The molecule has 2 rings (SSSR count). The monoisotopic (exact) mass is 321 g/mol. The Morgan fingerprint density at radius 2 is 2.05 bits per heavy atom. The highest BCUT2D eigenvalue weighted by Gasteiger charge is 2.06. The van der Waals surface area contributed by atoms with Crippen molar-refractivity contribution in [3.05, 3.63) is 59.1 Å². The summed E-state index contributed by atoms with van der Waals surface area (Å²) < 4.78 is 5.07. The van der Waals surface area contributed by atoms with E-state index < -0.39 is 0 Å². The van der Waals surface area contributed by atoms with E-state index in [0.717, 1.165) is 16.1 Å². The molecule has 0 atom stereocenters. The summed E-state index contributed by atoms with van der Waals surface area (Å²) in [5.74, 6) is 0.257. The lowest BCUT2D eigenvalue weighted by Gasteiger charge is -2.07. The van der Waals surface area contributed by atoms with Crippen molar-refractivity contribution in [2.24, 2.45) is 0 Å². The van der Waals surface area contributed by atoms with Crippen LogP contribution >= 0.6 is 23.4 Å². The second-order valence-corrected chi connectivity index (χ2v) is 5.83. The zero-order valence-corrected chi connectivity index (χ0v) is 13.2. The highest BCUT2D eigenvalue weighted by atomic mass is 35.5. The minimum Gasteiger partial charge on any atom is -0.380 e. The molecule has 0 aliphatic heterocycles. The molecule has 1 amide bonds. The summed E-state index contributed by atoms with van der Waals surface area (Å²) in [6, 6.07) is 15.1. The normalized spacial score (nSPS) is 10.4. The molecule has 21 heavy (non-hydrogen) atoms. The maximum absolute atomic E-state index is 12.0. The van der Waals surface area contributed by atoms with Crippen LogP contribution in [0.1, 0.15) is 5.56 Å². The molecule has 0 saturated carbocycles. The molecule has 0 unspecified atom stereocenters. The van der Waals surface area contributed by atoms with Gasteiger partial charge in [-0.3, -0.25) is 4.79 Å². The van der Waals surface area contributed by atoms with E-state index in [0.29, 0.717) is 17.4 Å². The van der Waals surface area contributed by atoms with Crippen LogP contribution in [0, 0.1) is 0 Å². The fraction of sp³-hybridized carbons (Fsp3) is 0.188. The number of halogens is 1. The van der Waals surface area contributed by atoms with Crippen LogP contribution < -0.4 is 5.32 Å². The van der Waals surface area contributed by atoms with Crippen molar-refractivity contribution >= 4 is 35.0 Å². The summed E-state index contributed by atoms with van der Waals surface area (Å²) in [5, 5.41) is 3.54. The second-order valence-electron chi connectivity index (χ2n) is 4.40. The Hall–Kier alpha value is -1.49. The number of hydrogen-bond acceptors (Lipinski definition) is 3. The van der Waals surface area contributed by atoms with Gasteiger partial charge in [-0.05, 0) is 29.8 Å². The van der Waals surface area contributed by atoms with Crippen LogP contribution in [-0.2, 0) is 16.1 Å². The minimum atomic E-state index is -0.0607. The first-order valence-electron chi connectivity index (χ1n) is 6.44. The van der Waals surface area contributed by atoms with Gasteiger partial charge in [-0.25, -0.2) is 0 Å². The molecule has 0 saturated heterocycles. The van der Waals surface area contributed by atoms with E-state index in [1.807, 2.05) is 48.5 Å². The molecular weight excluding hydrogens is 306 g/mol. The summed E-state index contributed by atoms with van der Waals surface area (Å²) in [5.41, 5.74) is 1.79. The molecule has 3 nitrogen and oxygen atoms in total. The summed E-state index contributed by atoms with van der Waals surface area (Å²) in [6.45, 7) is 0.526. The summed E-state index contributed by atoms with van der Waals surface area (Å²) in [6.07, 6.45) is 0. The summed E-state index contributed by atoms with van der Waals surface area (Å²) in [4.78, 5) is 12.9. The second kappa shape index (κ2) is 8.08. The highest BCUT2D eigenvalue weighted by molar-refractivity contribution is 8.00. The van der Waals surface area contributed by atoms with Crippen LogP contribution in [-0.4, -0.2) is 18.8 Å². The van der Waals surface area contributed by atoms with Crippen molar-refractivity contribution in [3.8, 4) is 0 Å². The zero-order valence-electron chi connectivity index (χ0n) is 11.6. The Kier molecular flexibility index (Phi) is 6.11.